The van der Waals surface area contributed by atoms with E-state index in [9.17, 15) is 18.3 Å². The van der Waals surface area contributed by atoms with E-state index < -0.39 is 22.0 Å². The van der Waals surface area contributed by atoms with Crippen LogP contribution in [-0.4, -0.2) is 32.6 Å². The van der Waals surface area contributed by atoms with Crippen LogP contribution < -0.4 is 9.46 Å². The van der Waals surface area contributed by atoms with E-state index in [1.54, 1.807) is 32.9 Å². The zero-order chi connectivity index (χ0) is 17.9. The number of sulfonamides is 1. The molecule has 1 aromatic carbocycles. The number of aryl methyl sites for hydroxylation is 1. The Morgan fingerprint density at radius 2 is 1.78 bits per heavy atom. The van der Waals surface area contributed by atoms with Gasteiger partial charge in [-0.3, -0.25) is 4.79 Å². The molecule has 0 radical (unpaired) electrons. The molecule has 7 heteroatoms. The number of benzene rings is 1. The summed E-state index contributed by atoms with van der Waals surface area (Å²) in [4.78, 5) is 11.3. The highest BCUT2D eigenvalue weighted by Gasteiger charge is 2.29. The van der Waals surface area contributed by atoms with Crippen LogP contribution in [0.5, 0.6) is 5.75 Å². The Morgan fingerprint density at radius 1 is 1.22 bits per heavy atom. The third-order valence-electron chi connectivity index (χ3n) is 3.65. The maximum Gasteiger partial charge on any atom is 0.322 e. The van der Waals surface area contributed by atoms with Gasteiger partial charge in [-0.1, -0.05) is 27.7 Å². The fourth-order valence-corrected chi connectivity index (χ4v) is 3.90. The topological polar surface area (TPSA) is 92.7 Å². The second-order valence-corrected chi connectivity index (χ2v) is 7.88. The molecule has 130 valence electrons. The van der Waals surface area contributed by atoms with Crippen LogP contribution in [0, 0.1) is 12.8 Å². The van der Waals surface area contributed by atoms with Gasteiger partial charge < -0.3 is 9.84 Å². The SMILES string of the molecule is COc1cc(C)c(S(=O)(=O)NC(C(=O)O)C(C)C)cc1C(C)C. The van der Waals surface area contributed by atoms with Crippen molar-refractivity contribution in [1.29, 1.82) is 0 Å². The van der Waals surface area contributed by atoms with E-state index >= 15 is 0 Å². The number of rotatable bonds is 7. The second-order valence-electron chi connectivity index (χ2n) is 6.20. The summed E-state index contributed by atoms with van der Waals surface area (Å²) in [5.41, 5.74) is 1.27. The van der Waals surface area contributed by atoms with Crippen LogP contribution >= 0.6 is 0 Å². The summed E-state index contributed by atoms with van der Waals surface area (Å²) in [5, 5.41) is 9.20. The van der Waals surface area contributed by atoms with E-state index in [1.165, 1.54) is 7.11 Å². The van der Waals surface area contributed by atoms with E-state index in [0.717, 1.165) is 5.56 Å². The Bertz CT molecular complexity index is 680. The lowest BCUT2D eigenvalue weighted by atomic mass is 10.0. The molecule has 2 N–H and O–H groups in total. The normalized spacial score (nSPS) is 13.4. The molecule has 0 aromatic heterocycles. The first-order chi connectivity index (χ1) is 10.5. The van der Waals surface area contributed by atoms with Crippen molar-refractivity contribution in [2.75, 3.05) is 7.11 Å². The number of hydrogen-bond donors (Lipinski definition) is 2. The van der Waals surface area contributed by atoms with Crippen molar-refractivity contribution in [1.82, 2.24) is 4.72 Å². The molecule has 1 unspecified atom stereocenters. The number of carboxylic acids is 1. The first-order valence-electron chi connectivity index (χ1n) is 7.45. The molecule has 0 aliphatic carbocycles. The van der Waals surface area contributed by atoms with Gasteiger partial charge in [-0.25, -0.2) is 8.42 Å². The lowest BCUT2D eigenvalue weighted by Crippen LogP contribution is -2.44. The van der Waals surface area contributed by atoms with E-state index in [4.69, 9.17) is 4.74 Å². The summed E-state index contributed by atoms with van der Waals surface area (Å²) < 4.78 is 32.9. The summed E-state index contributed by atoms with van der Waals surface area (Å²) in [7, 11) is -2.41. The van der Waals surface area contributed by atoms with Gasteiger partial charge in [-0.2, -0.15) is 4.72 Å². The van der Waals surface area contributed by atoms with Crippen molar-refractivity contribution in [2.24, 2.45) is 5.92 Å². The molecule has 0 heterocycles. The molecule has 0 bridgehead atoms. The molecule has 0 saturated heterocycles. The third kappa shape index (κ3) is 4.45. The number of methoxy groups -OCH3 is 1. The van der Waals surface area contributed by atoms with Crippen LogP contribution in [0.15, 0.2) is 17.0 Å². The third-order valence-corrected chi connectivity index (χ3v) is 5.24. The fraction of sp³-hybridized carbons (Fsp3) is 0.562. The van der Waals surface area contributed by atoms with Crippen molar-refractivity contribution in [2.45, 2.75) is 51.5 Å². The standard InChI is InChI=1S/C16H25NO5S/c1-9(2)12-8-14(11(5)7-13(12)22-6)23(20,21)17-15(10(3)4)16(18)19/h7-10,15,17H,1-6H3,(H,18,19). The van der Waals surface area contributed by atoms with Crippen molar-refractivity contribution >= 4 is 16.0 Å². The van der Waals surface area contributed by atoms with Gasteiger partial charge in [0.15, 0.2) is 0 Å². The average Bonchev–Trinajstić information content (AvgIpc) is 2.43. The maximum absolute atomic E-state index is 12.6. The predicted molar refractivity (Wildman–Crippen MR) is 88.4 cm³/mol. The molecule has 1 rings (SSSR count). The number of ether oxygens (including phenoxy) is 1. The minimum atomic E-state index is -3.95. The van der Waals surface area contributed by atoms with Crippen molar-refractivity contribution in [3.8, 4) is 5.75 Å². The van der Waals surface area contributed by atoms with Crippen LogP contribution in [0.3, 0.4) is 0 Å². The number of carbonyl (C=O) groups is 1. The fourth-order valence-electron chi connectivity index (χ4n) is 2.30. The molecule has 1 atom stereocenters. The number of carboxylic acid groups (broad SMARTS) is 1. The van der Waals surface area contributed by atoms with Crippen LogP contribution in [-0.2, 0) is 14.8 Å². The molecule has 0 amide bonds. The van der Waals surface area contributed by atoms with Crippen molar-refractivity contribution in [3.63, 3.8) is 0 Å². The number of aliphatic carboxylic acids is 1. The summed E-state index contributed by atoms with van der Waals surface area (Å²) >= 11 is 0. The zero-order valence-corrected chi connectivity index (χ0v) is 15.2. The van der Waals surface area contributed by atoms with Crippen LogP contribution in [0.1, 0.15) is 44.7 Å². The molecular formula is C16H25NO5S. The average molecular weight is 343 g/mol. The molecule has 6 nitrogen and oxygen atoms in total. The quantitative estimate of drug-likeness (QED) is 0.793. The number of hydrogen-bond acceptors (Lipinski definition) is 4. The van der Waals surface area contributed by atoms with Gasteiger partial charge >= 0.3 is 5.97 Å². The Kier molecular flexibility index (Phi) is 6.18. The lowest BCUT2D eigenvalue weighted by Gasteiger charge is -2.20. The molecule has 0 aliphatic rings. The van der Waals surface area contributed by atoms with E-state index in [-0.39, 0.29) is 16.7 Å². The molecule has 0 saturated carbocycles. The highest BCUT2D eigenvalue weighted by Crippen LogP contribution is 2.31. The highest BCUT2D eigenvalue weighted by molar-refractivity contribution is 7.89. The summed E-state index contributed by atoms with van der Waals surface area (Å²) in [5.74, 6) is -0.876. The van der Waals surface area contributed by atoms with Crippen LogP contribution in [0.25, 0.3) is 0 Å². The smallest absolute Gasteiger partial charge is 0.322 e. The first-order valence-corrected chi connectivity index (χ1v) is 8.93. The molecule has 23 heavy (non-hydrogen) atoms. The largest absolute Gasteiger partial charge is 0.496 e. The van der Waals surface area contributed by atoms with Gasteiger partial charge in [-0.05, 0) is 42.0 Å². The van der Waals surface area contributed by atoms with Crippen molar-refractivity contribution < 1.29 is 23.1 Å². The van der Waals surface area contributed by atoms with Gasteiger partial charge in [0.05, 0.1) is 12.0 Å². The Morgan fingerprint density at radius 3 is 2.17 bits per heavy atom. The maximum atomic E-state index is 12.6. The Labute approximate surface area is 137 Å². The van der Waals surface area contributed by atoms with Crippen LogP contribution in [0.2, 0.25) is 0 Å². The van der Waals surface area contributed by atoms with Gasteiger partial charge in [0.1, 0.15) is 11.8 Å². The molecule has 0 fully saturated rings. The monoisotopic (exact) mass is 343 g/mol. The minimum absolute atomic E-state index is 0.0693. The Hall–Kier alpha value is -1.60. The van der Waals surface area contributed by atoms with E-state index in [0.29, 0.717) is 11.3 Å². The van der Waals surface area contributed by atoms with Gasteiger partial charge in [0, 0.05) is 0 Å². The summed E-state index contributed by atoms with van der Waals surface area (Å²) in [6.45, 7) is 8.84. The molecular weight excluding hydrogens is 318 g/mol. The second kappa shape index (κ2) is 7.31. The molecule has 0 spiro atoms. The zero-order valence-electron chi connectivity index (χ0n) is 14.4. The van der Waals surface area contributed by atoms with Gasteiger partial charge in [0.2, 0.25) is 10.0 Å². The van der Waals surface area contributed by atoms with E-state index in [1.807, 2.05) is 13.8 Å². The highest BCUT2D eigenvalue weighted by atomic mass is 32.2. The summed E-state index contributed by atoms with van der Waals surface area (Å²) in [6, 6.07) is 2.04. The van der Waals surface area contributed by atoms with Gasteiger partial charge in [-0.15, -0.1) is 0 Å². The van der Waals surface area contributed by atoms with Gasteiger partial charge in [0.25, 0.3) is 0 Å². The predicted octanol–water partition coefficient (Wildman–Crippen LogP) is 2.51. The van der Waals surface area contributed by atoms with Crippen molar-refractivity contribution in [3.05, 3.63) is 23.3 Å². The lowest BCUT2D eigenvalue weighted by molar-refractivity contribution is -0.140. The molecule has 1 aromatic rings. The summed E-state index contributed by atoms with van der Waals surface area (Å²) in [6.07, 6.45) is 0. The number of nitrogens with one attached hydrogen (secondary N) is 1. The van der Waals surface area contributed by atoms with Crippen LogP contribution in [0.4, 0.5) is 0 Å². The molecule has 0 aliphatic heterocycles. The minimum Gasteiger partial charge on any atom is -0.496 e. The van der Waals surface area contributed by atoms with E-state index in [2.05, 4.69) is 4.72 Å². The Balaban J connectivity index is 3.38. The first kappa shape index (κ1) is 19.4.